The van der Waals surface area contributed by atoms with Crippen LogP contribution < -0.4 is 0 Å². The maximum Gasteiger partial charge on any atom is 0.123 e. The minimum atomic E-state index is -0.0850. The second-order valence-electron chi connectivity index (χ2n) is 21.2. The molecule has 0 saturated heterocycles. The van der Waals surface area contributed by atoms with Crippen molar-refractivity contribution in [3.63, 3.8) is 0 Å². The molecule has 0 aliphatic rings. The van der Waals surface area contributed by atoms with Crippen LogP contribution >= 0.6 is 0 Å². The lowest BCUT2D eigenvalue weighted by atomic mass is 9.85. The Morgan fingerprint density at radius 3 is 0.983 bits per heavy atom. The second-order valence-corrected chi connectivity index (χ2v) is 21.2. The van der Waals surface area contributed by atoms with E-state index in [1.54, 1.807) is 6.08 Å². The summed E-state index contributed by atoms with van der Waals surface area (Å²) in [6.07, 6.45) is 20.6. The summed E-state index contributed by atoms with van der Waals surface area (Å²) in [4.78, 5) is 42.3. The zero-order valence-electron chi connectivity index (χ0n) is 43.4. The van der Waals surface area contributed by atoms with Gasteiger partial charge in [-0.2, -0.15) is 0 Å². The lowest BCUT2D eigenvalue weighted by Gasteiger charge is -2.26. The van der Waals surface area contributed by atoms with Crippen LogP contribution in [0.25, 0.3) is 0 Å². The molecule has 0 bridgehead atoms. The predicted octanol–water partition coefficient (Wildman–Crippen LogP) is 14.6. The van der Waals surface area contributed by atoms with Crippen LogP contribution in [0.15, 0.2) is 12.7 Å². The fourth-order valence-electron chi connectivity index (χ4n) is 6.36. The molecule has 0 radical (unpaired) electrons. The minimum Gasteiger partial charge on any atom is -0.376 e. The lowest BCUT2D eigenvalue weighted by molar-refractivity contribution is -0.112. The highest BCUT2D eigenvalue weighted by molar-refractivity contribution is 5.54. The van der Waals surface area contributed by atoms with E-state index in [0.29, 0.717) is 35.7 Å². The Bertz CT molecular complexity index is 1040. The molecule has 0 N–H and O–H groups in total. The van der Waals surface area contributed by atoms with E-state index in [-0.39, 0.29) is 40.5 Å². The molecular weight excluding hydrogens is 749 g/mol. The Morgan fingerprint density at radius 2 is 0.733 bits per heavy atom. The zero-order chi connectivity index (χ0) is 47.6. The molecule has 0 aromatic heterocycles. The summed E-state index contributed by atoms with van der Waals surface area (Å²) in [5.41, 5.74) is 0.321. The highest BCUT2D eigenvalue weighted by atomic mass is 16.5. The Balaban J connectivity index is -0.000000350. The summed E-state index contributed by atoms with van der Waals surface area (Å²) in [6.45, 7) is 46.1. The Labute approximate surface area is 374 Å². The van der Waals surface area contributed by atoms with Crippen LogP contribution in [0.4, 0.5) is 0 Å². The predicted molar refractivity (Wildman–Crippen MR) is 259 cm³/mol. The first-order valence-corrected chi connectivity index (χ1v) is 24.0. The van der Waals surface area contributed by atoms with Crippen LogP contribution in [-0.2, 0) is 33.4 Å². The molecule has 8 atom stereocenters. The van der Waals surface area contributed by atoms with Gasteiger partial charge in [0.25, 0.3) is 0 Å². The molecule has 0 aliphatic heterocycles. The van der Waals surface area contributed by atoms with Gasteiger partial charge in [-0.3, -0.25) is 0 Å². The summed E-state index contributed by atoms with van der Waals surface area (Å²) < 4.78 is 17.1. The van der Waals surface area contributed by atoms with E-state index in [9.17, 15) is 19.2 Å². The molecule has 0 aliphatic carbocycles. The molecule has 358 valence electrons. The van der Waals surface area contributed by atoms with E-state index in [2.05, 4.69) is 104 Å². The third-order valence-electron chi connectivity index (χ3n) is 12.2. The third kappa shape index (κ3) is 41.6. The van der Waals surface area contributed by atoms with E-state index in [1.165, 1.54) is 19.3 Å². The molecule has 0 heterocycles. The van der Waals surface area contributed by atoms with Gasteiger partial charge in [-0.05, 0) is 129 Å². The molecule has 0 spiro atoms. The quantitative estimate of drug-likeness (QED) is 0.0506. The lowest BCUT2D eigenvalue weighted by Crippen LogP contribution is -2.25. The maximum absolute atomic E-state index is 10.6. The first-order chi connectivity index (χ1) is 27.6. The third-order valence-corrected chi connectivity index (χ3v) is 12.2. The molecule has 0 saturated carbocycles. The largest absolute Gasteiger partial charge is 0.376 e. The van der Waals surface area contributed by atoms with Crippen molar-refractivity contribution < 1.29 is 33.4 Å². The van der Waals surface area contributed by atoms with Crippen LogP contribution in [0.1, 0.15) is 215 Å². The minimum absolute atomic E-state index is 0.0137. The van der Waals surface area contributed by atoms with Crippen molar-refractivity contribution in [2.24, 2.45) is 52.8 Å². The molecule has 0 amide bonds. The second kappa shape index (κ2) is 36.8. The standard InChI is InChI=1S/C14H28O2.C14H26O2.C13H26O2.C12H24O/c2*1-6-10-16-14(4,5)9-7-8-12(2)13(3)11-15;1-6-15-13(4,5)9-7-8-11(2)12(3)10-14;1-10(11(2)9-13)7-6-8-12(3,4)5/h11-13H,6-10H2,1-5H3;6,11-13H,1,7-10H2,2-5H3;10-12H,6-9H2,1-5H3;9-11H,6-8H2,1-5H3. The van der Waals surface area contributed by atoms with Crippen LogP contribution in [0, 0.1) is 52.8 Å². The number of rotatable bonds is 31. The van der Waals surface area contributed by atoms with Crippen molar-refractivity contribution in [1.82, 2.24) is 0 Å². The molecule has 60 heavy (non-hydrogen) atoms. The van der Waals surface area contributed by atoms with Crippen LogP contribution in [-0.4, -0.2) is 61.8 Å². The Hall–Kier alpha value is -1.70. The normalized spacial score (nSPS) is 16.0. The topological polar surface area (TPSA) is 96.0 Å². The number of ether oxygens (including phenoxy) is 3. The molecule has 7 nitrogen and oxygen atoms in total. The fraction of sp³-hybridized carbons (Fsp3) is 0.887. The van der Waals surface area contributed by atoms with Crippen molar-refractivity contribution >= 4 is 25.1 Å². The highest BCUT2D eigenvalue weighted by Crippen LogP contribution is 2.26. The number of aldehydes is 4. The van der Waals surface area contributed by atoms with Gasteiger partial charge in [-0.1, -0.05) is 121 Å². The summed E-state index contributed by atoms with van der Waals surface area (Å²) in [5.74, 6) is 2.73. The van der Waals surface area contributed by atoms with Gasteiger partial charge in [-0.25, -0.2) is 0 Å². The Morgan fingerprint density at radius 1 is 0.450 bits per heavy atom. The SMILES string of the molecule is C=CCOC(C)(C)CCCC(C)C(C)C=O.CC(C=O)C(C)CCCC(C)(C)C.CCCOC(C)(C)CCCC(C)C(C)C=O.CCOC(C)(C)CCCC(C)C(C)C=O. The maximum atomic E-state index is 10.6. The first kappa shape index (κ1) is 64.9. The van der Waals surface area contributed by atoms with Gasteiger partial charge in [0.2, 0.25) is 0 Å². The van der Waals surface area contributed by atoms with Gasteiger partial charge >= 0.3 is 0 Å². The van der Waals surface area contributed by atoms with Gasteiger partial charge < -0.3 is 33.4 Å². The average molecular weight is 853 g/mol. The van der Waals surface area contributed by atoms with E-state index in [0.717, 1.165) is 103 Å². The van der Waals surface area contributed by atoms with E-state index in [4.69, 9.17) is 14.2 Å². The zero-order valence-corrected chi connectivity index (χ0v) is 43.4. The fourth-order valence-corrected chi connectivity index (χ4v) is 6.36. The molecule has 0 aromatic carbocycles. The van der Waals surface area contributed by atoms with Crippen LogP contribution in [0.3, 0.4) is 0 Å². The van der Waals surface area contributed by atoms with Crippen molar-refractivity contribution in [1.29, 1.82) is 0 Å². The molecule has 0 aromatic rings. The molecule has 8 unspecified atom stereocenters. The Kier molecular flexibility index (Phi) is 39.8. The number of carbonyl (C=O) groups is 4. The van der Waals surface area contributed by atoms with Gasteiger partial charge in [-0.15, -0.1) is 6.58 Å². The van der Waals surface area contributed by atoms with E-state index in [1.807, 2.05) is 34.6 Å². The van der Waals surface area contributed by atoms with E-state index >= 15 is 0 Å². The van der Waals surface area contributed by atoms with Crippen LogP contribution in [0.5, 0.6) is 0 Å². The summed E-state index contributed by atoms with van der Waals surface area (Å²) >= 11 is 0. The van der Waals surface area contributed by atoms with Crippen molar-refractivity contribution in [3.05, 3.63) is 12.7 Å². The van der Waals surface area contributed by atoms with Gasteiger partial charge in [0.15, 0.2) is 0 Å². The van der Waals surface area contributed by atoms with Gasteiger partial charge in [0, 0.05) is 36.9 Å². The number of hydrogen-bond donors (Lipinski definition) is 0. The number of hydrogen-bond acceptors (Lipinski definition) is 7. The number of carbonyl (C=O) groups excluding carboxylic acids is 4. The highest BCUT2D eigenvalue weighted by Gasteiger charge is 2.21. The van der Waals surface area contributed by atoms with E-state index < -0.39 is 0 Å². The van der Waals surface area contributed by atoms with Gasteiger partial charge in [0.05, 0.1) is 23.4 Å². The van der Waals surface area contributed by atoms with Gasteiger partial charge in [0.1, 0.15) is 25.1 Å². The van der Waals surface area contributed by atoms with Crippen molar-refractivity contribution in [2.75, 3.05) is 19.8 Å². The van der Waals surface area contributed by atoms with Crippen LogP contribution in [0.2, 0.25) is 0 Å². The molecule has 7 heteroatoms. The summed E-state index contributed by atoms with van der Waals surface area (Å²) in [6, 6.07) is 0. The average Bonchev–Trinajstić information content (AvgIpc) is 3.17. The summed E-state index contributed by atoms with van der Waals surface area (Å²) in [5, 5.41) is 0. The molecule has 0 fully saturated rings. The van der Waals surface area contributed by atoms with Crippen molar-refractivity contribution in [2.45, 2.75) is 232 Å². The summed E-state index contributed by atoms with van der Waals surface area (Å²) in [7, 11) is 0. The monoisotopic (exact) mass is 853 g/mol. The molecular formula is C53H104O7. The first-order valence-electron chi connectivity index (χ1n) is 24.0. The van der Waals surface area contributed by atoms with Crippen molar-refractivity contribution in [3.8, 4) is 0 Å². The smallest absolute Gasteiger partial charge is 0.123 e. The molecule has 0 rings (SSSR count).